The number of aromatic nitrogens is 1. The van der Waals surface area contributed by atoms with Gasteiger partial charge in [0.25, 0.3) is 0 Å². The lowest BCUT2D eigenvalue weighted by Gasteiger charge is -2.34. The molecule has 0 radical (unpaired) electrons. The molecule has 1 fully saturated rings. The van der Waals surface area contributed by atoms with Gasteiger partial charge in [-0.25, -0.2) is 4.98 Å². The van der Waals surface area contributed by atoms with Crippen molar-refractivity contribution in [2.75, 3.05) is 18.4 Å². The van der Waals surface area contributed by atoms with E-state index in [1.165, 1.54) is 23.6 Å². The summed E-state index contributed by atoms with van der Waals surface area (Å²) in [4.78, 5) is 29.9. The molecule has 2 amide bonds. The molecule has 1 saturated heterocycles. The normalized spacial score (nSPS) is 16.6. The maximum Gasteiger partial charge on any atom is 0.223 e. The molecule has 31 heavy (non-hydrogen) atoms. The van der Waals surface area contributed by atoms with E-state index in [1.54, 1.807) is 6.20 Å². The summed E-state index contributed by atoms with van der Waals surface area (Å²) in [5.74, 6) is -0.0152. The average Bonchev–Trinajstić information content (AvgIpc) is 3.19. The molecule has 162 valence electrons. The summed E-state index contributed by atoms with van der Waals surface area (Å²) in [7, 11) is 0. The van der Waals surface area contributed by atoms with Crippen molar-refractivity contribution < 1.29 is 9.59 Å². The number of amides is 2. The van der Waals surface area contributed by atoms with E-state index in [0.717, 1.165) is 41.8 Å². The number of nitrogens with zero attached hydrogens (tertiary/aromatic N) is 1. The summed E-state index contributed by atoms with van der Waals surface area (Å²) in [6.07, 6.45) is 4.09. The number of thiazole rings is 1. The van der Waals surface area contributed by atoms with Crippen LogP contribution in [-0.2, 0) is 21.5 Å². The second-order valence-electron chi connectivity index (χ2n) is 8.40. The van der Waals surface area contributed by atoms with Gasteiger partial charge in [0.05, 0.1) is 5.54 Å². The van der Waals surface area contributed by atoms with Gasteiger partial charge in [-0.1, -0.05) is 36.4 Å². The molecule has 0 saturated carbocycles. The Morgan fingerprint density at radius 1 is 1.16 bits per heavy atom. The molecular weight excluding hydrogens is 408 g/mol. The van der Waals surface area contributed by atoms with Crippen molar-refractivity contribution in [2.24, 2.45) is 5.92 Å². The molecular formula is C24H28N4O2S. The lowest BCUT2D eigenvalue weighted by atomic mass is 9.85. The topological polar surface area (TPSA) is 83.1 Å². The molecule has 1 aromatic heterocycles. The van der Waals surface area contributed by atoms with Crippen molar-refractivity contribution in [1.82, 2.24) is 15.6 Å². The van der Waals surface area contributed by atoms with Crippen molar-refractivity contribution in [1.29, 1.82) is 0 Å². The molecule has 1 atom stereocenters. The number of carbonyl (C=O) groups excluding carboxylic acids is 2. The Morgan fingerprint density at radius 2 is 1.90 bits per heavy atom. The van der Waals surface area contributed by atoms with Crippen molar-refractivity contribution in [3.05, 3.63) is 59.1 Å². The molecule has 7 heteroatoms. The van der Waals surface area contributed by atoms with E-state index < -0.39 is 5.54 Å². The van der Waals surface area contributed by atoms with Gasteiger partial charge in [0.1, 0.15) is 0 Å². The number of rotatable bonds is 6. The monoisotopic (exact) mass is 436 g/mol. The van der Waals surface area contributed by atoms with Gasteiger partial charge in [0, 0.05) is 30.3 Å². The first-order valence-electron chi connectivity index (χ1n) is 10.7. The third-order valence-corrected chi connectivity index (χ3v) is 6.77. The van der Waals surface area contributed by atoms with Crippen LogP contribution in [0.3, 0.4) is 0 Å². The van der Waals surface area contributed by atoms with E-state index >= 15 is 0 Å². The van der Waals surface area contributed by atoms with Gasteiger partial charge in [0.2, 0.25) is 11.8 Å². The van der Waals surface area contributed by atoms with Crippen LogP contribution in [0.5, 0.6) is 0 Å². The van der Waals surface area contributed by atoms with E-state index in [4.69, 9.17) is 0 Å². The molecule has 1 aliphatic rings. The summed E-state index contributed by atoms with van der Waals surface area (Å²) >= 11 is 1.44. The van der Waals surface area contributed by atoms with Gasteiger partial charge in [-0.2, -0.15) is 0 Å². The fraction of sp³-hybridized carbons (Fsp3) is 0.375. The van der Waals surface area contributed by atoms with Crippen LogP contribution in [0, 0.1) is 5.92 Å². The van der Waals surface area contributed by atoms with Gasteiger partial charge < -0.3 is 16.0 Å². The molecule has 1 unspecified atom stereocenters. The third kappa shape index (κ3) is 5.11. The van der Waals surface area contributed by atoms with Crippen LogP contribution in [0.25, 0.3) is 10.8 Å². The number of nitrogens with one attached hydrogen (secondary N) is 3. The predicted molar refractivity (Wildman–Crippen MR) is 125 cm³/mol. The van der Waals surface area contributed by atoms with Crippen molar-refractivity contribution in [3.63, 3.8) is 0 Å². The molecule has 6 nitrogen and oxygen atoms in total. The van der Waals surface area contributed by atoms with Gasteiger partial charge in [-0.3, -0.25) is 9.59 Å². The van der Waals surface area contributed by atoms with Crippen LogP contribution < -0.4 is 16.0 Å². The van der Waals surface area contributed by atoms with Gasteiger partial charge in [-0.15, -0.1) is 11.3 Å². The zero-order chi connectivity index (χ0) is 21.8. The summed E-state index contributed by atoms with van der Waals surface area (Å²) in [6, 6.07) is 14.6. The predicted octanol–water partition coefficient (Wildman–Crippen LogP) is 3.83. The SMILES string of the molecule is CC(=O)Nc1ncc(CC(C)(NC(=O)C2CCNCC2)c2ccc3ccccc3c2)s1. The first-order chi connectivity index (χ1) is 14.9. The van der Waals surface area contributed by atoms with Crippen molar-refractivity contribution in [2.45, 2.75) is 38.6 Å². The summed E-state index contributed by atoms with van der Waals surface area (Å²) in [5, 5.41) is 12.3. The van der Waals surface area contributed by atoms with Gasteiger partial charge in [-0.05, 0) is 55.3 Å². The Labute approximate surface area is 186 Å². The lowest BCUT2D eigenvalue weighted by Crippen LogP contribution is -2.49. The van der Waals surface area contributed by atoms with Gasteiger partial charge in [0.15, 0.2) is 5.13 Å². The minimum absolute atomic E-state index is 0.0254. The Balaban J connectivity index is 1.65. The molecule has 2 aromatic carbocycles. The lowest BCUT2D eigenvalue weighted by molar-refractivity contribution is -0.127. The number of benzene rings is 2. The minimum atomic E-state index is -0.591. The number of carbonyl (C=O) groups is 2. The van der Waals surface area contributed by atoms with E-state index in [2.05, 4.69) is 58.2 Å². The highest BCUT2D eigenvalue weighted by Crippen LogP contribution is 2.32. The quantitative estimate of drug-likeness (QED) is 0.548. The summed E-state index contributed by atoms with van der Waals surface area (Å²) in [5.41, 5.74) is 0.467. The Hall–Kier alpha value is -2.77. The van der Waals surface area contributed by atoms with Crippen LogP contribution >= 0.6 is 11.3 Å². The molecule has 0 aliphatic carbocycles. The van der Waals surface area contributed by atoms with Crippen LogP contribution in [0.1, 0.15) is 37.1 Å². The number of anilines is 1. The largest absolute Gasteiger partial charge is 0.346 e. The van der Waals surface area contributed by atoms with E-state index in [9.17, 15) is 9.59 Å². The number of piperidine rings is 1. The molecule has 2 heterocycles. The summed E-state index contributed by atoms with van der Waals surface area (Å²) < 4.78 is 0. The fourth-order valence-corrected chi connectivity index (χ4v) is 5.17. The minimum Gasteiger partial charge on any atom is -0.346 e. The van der Waals surface area contributed by atoms with Crippen LogP contribution in [0.2, 0.25) is 0 Å². The second kappa shape index (κ2) is 9.16. The van der Waals surface area contributed by atoms with E-state index in [0.29, 0.717) is 11.6 Å². The Morgan fingerprint density at radius 3 is 2.65 bits per heavy atom. The zero-order valence-corrected chi connectivity index (χ0v) is 18.7. The highest BCUT2D eigenvalue weighted by Gasteiger charge is 2.33. The van der Waals surface area contributed by atoms with Crippen molar-refractivity contribution >= 4 is 39.1 Å². The molecule has 3 aromatic rings. The number of hydrogen-bond acceptors (Lipinski definition) is 5. The Bertz CT molecular complexity index is 1090. The van der Waals surface area contributed by atoms with Crippen LogP contribution in [0.15, 0.2) is 48.7 Å². The Kier molecular flexibility index (Phi) is 6.34. The fourth-order valence-electron chi connectivity index (χ4n) is 4.16. The zero-order valence-electron chi connectivity index (χ0n) is 17.9. The molecule has 4 rings (SSSR count). The smallest absolute Gasteiger partial charge is 0.223 e. The van der Waals surface area contributed by atoms with E-state index in [1.807, 2.05) is 12.1 Å². The van der Waals surface area contributed by atoms with Gasteiger partial charge >= 0.3 is 0 Å². The molecule has 1 aliphatic heterocycles. The highest BCUT2D eigenvalue weighted by molar-refractivity contribution is 7.15. The first kappa shape index (κ1) is 21.5. The molecule has 0 spiro atoms. The maximum atomic E-state index is 13.2. The average molecular weight is 437 g/mol. The van der Waals surface area contributed by atoms with Crippen LogP contribution in [0.4, 0.5) is 5.13 Å². The maximum absolute atomic E-state index is 13.2. The summed E-state index contributed by atoms with van der Waals surface area (Å²) in [6.45, 7) is 5.30. The number of fused-ring (bicyclic) bond motifs is 1. The third-order valence-electron chi connectivity index (χ3n) is 5.86. The molecule has 3 N–H and O–H groups in total. The standard InChI is InChI=1S/C24H28N4O2S/c1-16(29)27-23-26-15-21(31-23)14-24(2,28-22(30)18-9-11-25-12-10-18)20-8-7-17-5-3-4-6-19(17)13-20/h3-8,13,15,18,25H,9-12,14H2,1-2H3,(H,28,30)(H,26,27,29). The van der Waals surface area contributed by atoms with Crippen molar-refractivity contribution in [3.8, 4) is 0 Å². The van der Waals surface area contributed by atoms with Crippen LogP contribution in [-0.4, -0.2) is 29.9 Å². The molecule has 0 bridgehead atoms. The first-order valence-corrected chi connectivity index (χ1v) is 11.5. The van der Waals surface area contributed by atoms with E-state index in [-0.39, 0.29) is 17.7 Å². The second-order valence-corrected chi connectivity index (χ2v) is 9.51. The highest BCUT2D eigenvalue weighted by atomic mass is 32.1. The number of hydrogen-bond donors (Lipinski definition) is 3.